The second kappa shape index (κ2) is 6.68. The van der Waals surface area contributed by atoms with Crippen molar-refractivity contribution in [2.24, 2.45) is 7.05 Å². The number of aromatic nitrogens is 4. The summed E-state index contributed by atoms with van der Waals surface area (Å²) in [6.07, 6.45) is 1.63. The van der Waals surface area contributed by atoms with Gasteiger partial charge < -0.3 is 10.1 Å². The molecule has 27 heavy (non-hydrogen) atoms. The Morgan fingerprint density at radius 1 is 1.22 bits per heavy atom. The minimum absolute atomic E-state index is 0.147. The number of para-hydroxylation sites is 1. The third kappa shape index (κ3) is 3.31. The van der Waals surface area contributed by atoms with Gasteiger partial charge in [0.05, 0.1) is 22.8 Å². The largest absolute Gasteiger partial charge is 0.466 e. The van der Waals surface area contributed by atoms with E-state index in [1.165, 1.54) is 0 Å². The van der Waals surface area contributed by atoms with Gasteiger partial charge in [0.2, 0.25) is 5.88 Å². The molecule has 0 saturated carbocycles. The zero-order valence-corrected chi connectivity index (χ0v) is 15.4. The number of nitrogens with one attached hydrogen (secondary N) is 1. The molecule has 1 aromatic carbocycles. The van der Waals surface area contributed by atoms with Crippen LogP contribution in [-0.2, 0) is 11.8 Å². The van der Waals surface area contributed by atoms with Crippen molar-refractivity contribution in [2.75, 3.05) is 11.9 Å². The first kappa shape index (κ1) is 17.0. The number of carbonyl (C=O) groups is 1. The van der Waals surface area contributed by atoms with Gasteiger partial charge in [0.15, 0.2) is 12.3 Å². The van der Waals surface area contributed by atoms with E-state index >= 15 is 0 Å². The minimum atomic E-state index is -0.274. The highest BCUT2D eigenvalue weighted by molar-refractivity contribution is 5.94. The lowest BCUT2D eigenvalue weighted by Crippen LogP contribution is -2.20. The number of benzene rings is 1. The molecular formula is C20H19N5O2. The number of carbonyl (C=O) groups excluding carboxylic acids is 1. The van der Waals surface area contributed by atoms with E-state index in [2.05, 4.69) is 20.4 Å². The molecule has 0 fully saturated rings. The summed E-state index contributed by atoms with van der Waals surface area (Å²) in [6, 6.07) is 11.6. The van der Waals surface area contributed by atoms with E-state index in [0.29, 0.717) is 11.6 Å². The van der Waals surface area contributed by atoms with Crippen molar-refractivity contribution in [1.82, 2.24) is 19.7 Å². The zero-order chi connectivity index (χ0) is 19.0. The molecule has 0 radical (unpaired) electrons. The number of rotatable bonds is 4. The number of hydrogen-bond acceptors (Lipinski definition) is 5. The van der Waals surface area contributed by atoms with Crippen LogP contribution in [-0.4, -0.2) is 32.3 Å². The maximum atomic E-state index is 12.3. The summed E-state index contributed by atoms with van der Waals surface area (Å²) in [5.41, 5.74) is 4.17. The molecule has 3 heterocycles. The molecule has 4 rings (SSSR count). The first-order valence-corrected chi connectivity index (χ1v) is 8.59. The van der Waals surface area contributed by atoms with Gasteiger partial charge in [-0.1, -0.05) is 18.2 Å². The highest BCUT2D eigenvalue weighted by Crippen LogP contribution is 2.27. The Kier molecular flexibility index (Phi) is 4.19. The molecule has 1 amide bonds. The van der Waals surface area contributed by atoms with Crippen LogP contribution in [0.3, 0.4) is 0 Å². The number of fused-ring (bicyclic) bond motifs is 2. The monoisotopic (exact) mass is 361 g/mol. The molecule has 3 aromatic heterocycles. The van der Waals surface area contributed by atoms with Crippen LogP contribution in [0.4, 0.5) is 5.69 Å². The fraction of sp³-hybridized carbons (Fsp3) is 0.200. The molecule has 0 aliphatic heterocycles. The highest BCUT2D eigenvalue weighted by atomic mass is 16.5. The lowest BCUT2D eigenvalue weighted by Gasteiger charge is -2.07. The van der Waals surface area contributed by atoms with E-state index in [9.17, 15) is 4.79 Å². The maximum absolute atomic E-state index is 12.3. The van der Waals surface area contributed by atoms with Crippen molar-refractivity contribution in [2.45, 2.75) is 13.8 Å². The fourth-order valence-corrected chi connectivity index (χ4v) is 3.12. The average Bonchev–Trinajstić information content (AvgIpc) is 2.96. The lowest BCUT2D eigenvalue weighted by molar-refractivity contribution is -0.118. The quantitative estimate of drug-likeness (QED) is 0.604. The molecule has 0 aliphatic carbocycles. The van der Waals surface area contributed by atoms with Crippen LogP contribution in [0.15, 0.2) is 42.6 Å². The molecular weight excluding hydrogens is 342 g/mol. The second-order valence-corrected chi connectivity index (χ2v) is 6.46. The van der Waals surface area contributed by atoms with Crippen LogP contribution in [0.25, 0.3) is 21.9 Å². The molecule has 0 bridgehead atoms. The normalized spacial score (nSPS) is 11.1. The van der Waals surface area contributed by atoms with E-state index in [1.54, 1.807) is 10.9 Å². The Bertz CT molecular complexity index is 1170. The maximum Gasteiger partial charge on any atom is 0.262 e. The predicted molar refractivity (Wildman–Crippen MR) is 104 cm³/mol. The van der Waals surface area contributed by atoms with Crippen molar-refractivity contribution in [3.05, 3.63) is 53.9 Å². The van der Waals surface area contributed by atoms with Crippen LogP contribution in [0.1, 0.15) is 11.3 Å². The fourth-order valence-electron chi connectivity index (χ4n) is 3.12. The molecule has 0 spiro atoms. The van der Waals surface area contributed by atoms with Crippen LogP contribution in [0.2, 0.25) is 0 Å². The summed E-state index contributed by atoms with van der Waals surface area (Å²) in [5, 5.41) is 8.94. The van der Waals surface area contributed by atoms with E-state index in [-0.39, 0.29) is 12.5 Å². The summed E-state index contributed by atoms with van der Waals surface area (Å²) >= 11 is 0. The average molecular weight is 361 g/mol. The summed E-state index contributed by atoms with van der Waals surface area (Å²) in [5.74, 6) is 0.132. The van der Waals surface area contributed by atoms with E-state index in [1.807, 2.05) is 57.3 Å². The number of nitrogens with zero attached hydrogens (tertiary/aromatic N) is 4. The predicted octanol–water partition coefficient (Wildman–Crippen LogP) is 3.15. The first-order valence-electron chi connectivity index (χ1n) is 8.59. The first-order chi connectivity index (χ1) is 13.0. The number of aryl methyl sites for hydroxylation is 3. The smallest absolute Gasteiger partial charge is 0.262 e. The third-order valence-electron chi connectivity index (χ3n) is 4.30. The van der Waals surface area contributed by atoms with Crippen molar-refractivity contribution in [1.29, 1.82) is 0 Å². The van der Waals surface area contributed by atoms with Crippen LogP contribution in [0, 0.1) is 13.8 Å². The molecule has 1 N–H and O–H groups in total. The van der Waals surface area contributed by atoms with Crippen molar-refractivity contribution in [3.63, 3.8) is 0 Å². The molecule has 7 heteroatoms. The van der Waals surface area contributed by atoms with Gasteiger partial charge in [-0.15, -0.1) is 5.10 Å². The zero-order valence-electron chi connectivity index (χ0n) is 15.4. The summed E-state index contributed by atoms with van der Waals surface area (Å²) in [6.45, 7) is 3.77. The standard InChI is InChI=1S/C20H19N5O2/c1-12-8-13(2)22-19-18(12)20(24-25(19)3)27-11-17(26)23-15-9-14-6-4-5-7-16(14)21-10-15/h4-10H,11H2,1-3H3,(H,23,26). The van der Waals surface area contributed by atoms with Gasteiger partial charge >= 0.3 is 0 Å². The number of anilines is 1. The Morgan fingerprint density at radius 2 is 2.04 bits per heavy atom. The SMILES string of the molecule is Cc1cc(C)c2c(OCC(=O)Nc3cnc4ccccc4c3)nn(C)c2n1. The molecule has 0 atom stereocenters. The second-order valence-electron chi connectivity index (χ2n) is 6.46. The molecule has 4 aromatic rings. The van der Waals surface area contributed by atoms with Gasteiger partial charge in [-0.3, -0.25) is 9.78 Å². The van der Waals surface area contributed by atoms with E-state index in [0.717, 1.165) is 33.2 Å². The van der Waals surface area contributed by atoms with Gasteiger partial charge in [-0.25, -0.2) is 9.67 Å². The van der Waals surface area contributed by atoms with E-state index in [4.69, 9.17) is 4.74 Å². The van der Waals surface area contributed by atoms with Gasteiger partial charge in [-0.05, 0) is 37.6 Å². The van der Waals surface area contributed by atoms with Crippen LogP contribution < -0.4 is 10.1 Å². The van der Waals surface area contributed by atoms with Gasteiger partial charge in [0.1, 0.15) is 0 Å². The molecule has 7 nitrogen and oxygen atoms in total. The van der Waals surface area contributed by atoms with Gasteiger partial charge in [0, 0.05) is 18.1 Å². The molecule has 0 aliphatic rings. The summed E-state index contributed by atoms with van der Waals surface area (Å²) in [7, 11) is 1.81. The van der Waals surface area contributed by atoms with Gasteiger partial charge in [0.25, 0.3) is 5.91 Å². The number of pyridine rings is 2. The molecule has 0 saturated heterocycles. The topological polar surface area (TPSA) is 81.9 Å². The summed E-state index contributed by atoms with van der Waals surface area (Å²) < 4.78 is 7.34. The number of amides is 1. The molecule has 136 valence electrons. The lowest BCUT2D eigenvalue weighted by atomic mass is 10.2. The van der Waals surface area contributed by atoms with Crippen LogP contribution >= 0.6 is 0 Å². The third-order valence-corrected chi connectivity index (χ3v) is 4.30. The molecule has 0 unspecified atom stereocenters. The Hall–Kier alpha value is -3.48. The van der Waals surface area contributed by atoms with Crippen molar-refractivity contribution >= 4 is 33.5 Å². The van der Waals surface area contributed by atoms with Crippen molar-refractivity contribution in [3.8, 4) is 5.88 Å². The Labute approximate surface area is 156 Å². The minimum Gasteiger partial charge on any atom is -0.466 e. The Morgan fingerprint density at radius 3 is 2.89 bits per heavy atom. The van der Waals surface area contributed by atoms with Crippen molar-refractivity contribution < 1.29 is 9.53 Å². The number of ether oxygens (including phenoxy) is 1. The number of hydrogen-bond donors (Lipinski definition) is 1. The van der Waals surface area contributed by atoms with Crippen LogP contribution in [0.5, 0.6) is 5.88 Å². The van der Waals surface area contributed by atoms with E-state index < -0.39 is 0 Å². The summed E-state index contributed by atoms with van der Waals surface area (Å²) in [4.78, 5) is 21.1. The highest BCUT2D eigenvalue weighted by Gasteiger charge is 2.15. The van der Waals surface area contributed by atoms with Gasteiger partial charge in [-0.2, -0.15) is 0 Å². The Balaban J connectivity index is 1.50.